The average Bonchev–Trinajstić information content (AvgIpc) is 2.76. The van der Waals surface area contributed by atoms with Crippen molar-refractivity contribution in [2.24, 2.45) is 5.73 Å². The molecule has 1 heterocycles. The van der Waals surface area contributed by atoms with Crippen molar-refractivity contribution >= 4 is 29.0 Å². The molecule has 0 spiro atoms. The Morgan fingerprint density at radius 3 is 3.00 bits per heavy atom. The Balaban J connectivity index is 2.67. The highest BCUT2D eigenvalue weighted by Gasteiger charge is 2.19. The van der Waals surface area contributed by atoms with E-state index in [2.05, 4.69) is 4.98 Å². The van der Waals surface area contributed by atoms with Gasteiger partial charge in [0.05, 0.1) is 5.01 Å². The average molecular weight is 273 g/mol. The third-order valence-electron chi connectivity index (χ3n) is 2.52. The summed E-state index contributed by atoms with van der Waals surface area (Å²) in [5.41, 5.74) is 6.00. The number of rotatable bonds is 6. The van der Waals surface area contributed by atoms with E-state index in [-0.39, 0.29) is 11.9 Å². The van der Waals surface area contributed by atoms with Gasteiger partial charge in [0.15, 0.2) is 0 Å². The first-order chi connectivity index (χ1) is 8.10. The van der Waals surface area contributed by atoms with Crippen molar-refractivity contribution in [2.75, 3.05) is 25.6 Å². The lowest BCUT2D eigenvalue weighted by atomic mass is 10.3. The third-order valence-corrected chi connectivity index (χ3v) is 4.24. The molecule has 0 aliphatic carbocycles. The molecule has 0 fully saturated rings. The molecule has 0 saturated carbocycles. The zero-order valence-electron chi connectivity index (χ0n) is 10.5. The predicted octanol–water partition coefficient (Wildman–Crippen LogP) is 1.47. The lowest BCUT2D eigenvalue weighted by molar-refractivity contribution is 0.0752. The molecule has 0 aliphatic rings. The van der Waals surface area contributed by atoms with Gasteiger partial charge < -0.3 is 10.6 Å². The van der Waals surface area contributed by atoms with E-state index in [9.17, 15) is 4.79 Å². The SMILES string of the molecule is CSCC(C)N(C)C(=O)c1csc(CCN)n1. The number of nitrogens with two attached hydrogens (primary N) is 1. The van der Waals surface area contributed by atoms with Gasteiger partial charge in [0, 0.05) is 30.6 Å². The largest absolute Gasteiger partial charge is 0.337 e. The van der Waals surface area contributed by atoms with Crippen molar-refractivity contribution in [3.63, 3.8) is 0 Å². The molecule has 1 atom stereocenters. The second-order valence-electron chi connectivity index (χ2n) is 3.89. The van der Waals surface area contributed by atoms with E-state index in [4.69, 9.17) is 5.73 Å². The Morgan fingerprint density at radius 2 is 2.41 bits per heavy atom. The first-order valence-corrected chi connectivity index (χ1v) is 7.78. The summed E-state index contributed by atoms with van der Waals surface area (Å²) in [6.07, 6.45) is 2.78. The molecule has 1 unspecified atom stereocenters. The second kappa shape index (κ2) is 6.98. The molecule has 96 valence electrons. The van der Waals surface area contributed by atoms with Crippen LogP contribution >= 0.6 is 23.1 Å². The maximum absolute atomic E-state index is 12.1. The normalized spacial score (nSPS) is 12.5. The molecule has 1 rings (SSSR count). The van der Waals surface area contributed by atoms with E-state index in [1.807, 2.05) is 25.6 Å². The van der Waals surface area contributed by atoms with Crippen LogP contribution in [0.4, 0.5) is 0 Å². The number of hydrogen-bond acceptors (Lipinski definition) is 5. The molecule has 6 heteroatoms. The maximum Gasteiger partial charge on any atom is 0.273 e. The van der Waals surface area contributed by atoms with E-state index in [0.717, 1.165) is 17.2 Å². The Morgan fingerprint density at radius 1 is 1.71 bits per heavy atom. The summed E-state index contributed by atoms with van der Waals surface area (Å²) in [6, 6.07) is 0.220. The monoisotopic (exact) mass is 273 g/mol. The summed E-state index contributed by atoms with van der Waals surface area (Å²) in [6.45, 7) is 2.61. The zero-order valence-corrected chi connectivity index (χ0v) is 12.1. The minimum atomic E-state index is -0.00827. The molecule has 0 aliphatic heterocycles. The van der Waals surface area contributed by atoms with Crippen molar-refractivity contribution in [3.8, 4) is 0 Å². The topological polar surface area (TPSA) is 59.2 Å². The number of carbonyl (C=O) groups excluding carboxylic acids is 1. The molecule has 0 radical (unpaired) electrons. The van der Waals surface area contributed by atoms with Crippen LogP contribution in [-0.2, 0) is 6.42 Å². The minimum Gasteiger partial charge on any atom is -0.337 e. The van der Waals surface area contributed by atoms with E-state index in [1.54, 1.807) is 16.7 Å². The molecule has 17 heavy (non-hydrogen) atoms. The van der Waals surface area contributed by atoms with Crippen molar-refractivity contribution in [3.05, 3.63) is 16.1 Å². The van der Waals surface area contributed by atoms with Crippen LogP contribution in [-0.4, -0.2) is 47.4 Å². The zero-order chi connectivity index (χ0) is 12.8. The van der Waals surface area contributed by atoms with Gasteiger partial charge in [0.2, 0.25) is 0 Å². The molecule has 1 amide bonds. The first-order valence-electron chi connectivity index (χ1n) is 5.50. The van der Waals surface area contributed by atoms with Crippen LogP contribution in [0, 0.1) is 0 Å². The van der Waals surface area contributed by atoms with E-state index in [0.29, 0.717) is 12.2 Å². The summed E-state index contributed by atoms with van der Waals surface area (Å²) in [7, 11) is 1.82. The van der Waals surface area contributed by atoms with Crippen LogP contribution in [0.15, 0.2) is 5.38 Å². The van der Waals surface area contributed by atoms with Crippen molar-refractivity contribution in [1.29, 1.82) is 0 Å². The van der Waals surface area contributed by atoms with Crippen molar-refractivity contribution in [1.82, 2.24) is 9.88 Å². The fourth-order valence-electron chi connectivity index (χ4n) is 1.38. The Labute approximate surface area is 111 Å². The number of thiazole rings is 1. The Kier molecular flexibility index (Phi) is 5.94. The summed E-state index contributed by atoms with van der Waals surface area (Å²) in [5, 5.41) is 2.75. The van der Waals surface area contributed by atoms with Gasteiger partial charge in [-0.2, -0.15) is 11.8 Å². The quantitative estimate of drug-likeness (QED) is 0.852. The molecule has 0 bridgehead atoms. The molecule has 1 aromatic heterocycles. The number of hydrogen-bond donors (Lipinski definition) is 1. The molecular formula is C11H19N3OS2. The molecule has 2 N–H and O–H groups in total. The van der Waals surface area contributed by atoms with Crippen LogP contribution in [0.1, 0.15) is 22.4 Å². The number of carbonyl (C=O) groups is 1. The first kappa shape index (κ1) is 14.5. The highest BCUT2D eigenvalue weighted by molar-refractivity contribution is 7.98. The van der Waals surface area contributed by atoms with Crippen molar-refractivity contribution in [2.45, 2.75) is 19.4 Å². The number of amides is 1. The summed E-state index contributed by atoms with van der Waals surface area (Å²) in [5.74, 6) is 0.924. The lowest BCUT2D eigenvalue weighted by Gasteiger charge is -2.23. The summed E-state index contributed by atoms with van der Waals surface area (Å²) >= 11 is 3.24. The van der Waals surface area contributed by atoms with E-state index >= 15 is 0 Å². The maximum atomic E-state index is 12.1. The second-order valence-corrected chi connectivity index (χ2v) is 5.74. The van der Waals surface area contributed by atoms with Crippen LogP contribution in [0.5, 0.6) is 0 Å². The lowest BCUT2D eigenvalue weighted by Crippen LogP contribution is -2.36. The van der Waals surface area contributed by atoms with Gasteiger partial charge in [-0.3, -0.25) is 4.79 Å². The molecule has 0 saturated heterocycles. The van der Waals surface area contributed by atoms with Gasteiger partial charge in [-0.1, -0.05) is 0 Å². The highest BCUT2D eigenvalue weighted by atomic mass is 32.2. The van der Waals surface area contributed by atoms with Crippen molar-refractivity contribution < 1.29 is 4.79 Å². The smallest absolute Gasteiger partial charge is 0.273 e. The number of nitrogens with zero attached hydrogens (tertiary/aromatic N) is 2. The molecule has 0 aromatic carbocycles. The fraction of sp³-hybridized carbons (Fsp3) is 0.636. The van der Waals surface area contributed by atoms with E-state index < -0.39 is 0 Å². The number of thioether (sulfide) groups is 1. The van der Waals surface area contributed by atoms with Gasteiger partial charge in [0.25, 0.3) is 5.91 Å². The number of aromatic nitrogens is 1. The third kappa shape index (κ3) is 3.97. The van der Waals surface area contributed by atoms with Crippen LogP contribution in [0.3, 0.4) is 0 Å². The minimum absolute atomic E-state index is 0.00827. The predicted molar refractivity (Wildman–Crippen MR) is 74.8 cm³/mol. The van der Waals surface area contributed by atoms with E-state index in [1.165, 1.54) is 11.3 Å². The fourth-order valence-corrected chi connectivity index (χ4v) is 2.88. The van der Waals surface area contributed by atoms with Gasteiger partial charge in [0.1, 0.15) is 5.69 Å². The summed E-state index contributed by atoms with van der Waals surface area (Å²) in [4.78, 5) is 18.2. The van der Waals surface area contributed by atoms with Crippen LogP contribution in [0.2, 0.25) is 0 Å². The summed E-state index contributed by atoms with van der Waals surface area (Å²) < 4.78 is 0. The molecule has 1 aromatic rings. The molecular weight excluding hydrogens is 254 g/mol. The highest BCUT2D eigenvalue weighted by Crippen LogP contribution is 2.14. The van der Waals surface area contributed by atoms with Crippen LogP contribution < -0.4 is 5.73 Å². The standard InChI is InChI=1S/C11H19N3OS2/c1-8(6-16-3)14(2)11(15)9-7-17-10(13-9)4-5-12/h7-8H,4-6,12H2,1-3H3. The Hall–Kier alpha value is -0.590. The molecule has 4 nitrogen and oxygen atoms in total. The van der Waals surface area contributed by atoms with Gasteiger partial charge in [-0.25, -0.2) is 4.98 Å². The Bertz CT molecular complexity index is 367. The van der Waals surface area contributed by atoms with Gasteiger partial charge in [-0.15, -0.1) is 11.3 Å². The van der Waals surface area contributed by atoms with Gasteiger partial charge in [-0.05, 0) is 19.7 Å². The van der Waals surface area contributed by atoms with Gasteiger partial charge >= 0.3 is 0 Å². The van der Waals surface area contributed by atoms with Crippen LogP contribution in [0.25, 0.3) is 0 Å².